The largest absolute Gasteiger partial charge is 0.322 e. The Morgan fingerprint density at radius 3 is 2.39 bits per heavy atom. The second-order valence-electron chi connectivity index (χ2n) is 9.55. The van der Waals surface area contributed by atoms with E-state index in [0.29, 0.717) is 28.8 Å². The average Bonchev–Trinajstić information content (AvgIpc) is 3.27. The number of hydrogen-bond donors (Lipinski definition) is 2. The van der Waals surface area contributed by atoms with Crippen LogP contribution in [0.25, 0.3) is 16.5 Å². The van der Waals surface area contributed by atoms with Crippen molar-refractivity contribution >= 4 is 45.8 Å². The van der Waals surface area contributed by atoms with Crippen molar-refractivity contribution in [1.29, 1.82) is 0 Å². The number of fused-ring (bicyclic) bond motifs is 1. The molecule has 3 aromatic carbocycles. The number of rotatable bonds is 6. The summed E-state index contributed by atoms with van der Waals surface area (Å²) < 4.78 is 1.63. The molecule has 0 saturated heterocycles. The van der Waals surface area contributed by atoms with E-state index in [-0.39, 0.29) is 23.9 Å². The Morgan fingerprint density at radius 1 is 0.972 bits per heavy atom. The lowest BCUT2D eigenvalue weighted by Gasteiger charge is -2.21. The van der Waals surface area contributed by atoms with E-state index in [2.05, 4.69) is 10.6 Å². The van der Waals surface area contributed by atoms with E-state index in [0.717, 1.165) is 16.5 Å². The minimum atomic E-state index is -0.348. The summed E-state index contributed by atoms with van der Waals surface area (Å²) in [4.78, 5) is 27.6. The van der Waals surface area contributed by atoms with Crippen LogP contribution in [-0.4, -0.2) is 39.7 Å². The molecule has 0 bridgehead atoms. The van der Waals surface area contributed by atoms with Crippen LogP contribution in [0.5, 0.6) is 0 Å². The van der Waals surface area contributed by atoms with Gasteiger partial charge in [0.1, 0.15) is 12.4 Å². The minimum absolute atomic E-state index is 0.119. The van der Waals surface area contributed by atoms with Gasteiger partial charge in [-0.25, -0.2) is 9.48 Å². The van der Waals surface area contributed by atoms with Gasteiger partial charge in [-0.05, 0) is 30.5 Å². The maximum atomic E-state index is 13.1. The molecule has 0 radical (unpaired) electrons. The Labute approximate surface area is 216 Å². The molecule has 0 aliphatic heterocycles. The third kappa shape index (κ3) is 5.52. The van der Waals surface area contributed by atoms with E-state index in [1.807, 2.05) is 94.4 Å². The second-order valence-corrected chi connectivity index (χ2v) is 9.95. The SMILES string of the molecule is CCN(CC(=O)Nc1cc(C(C)(C)C)nn1-c1ccccc1Cl)C(=O)Nc1cccc2ccccc12. The molecule has 0 aliphatic rings. The Morgan fingerprint density at radius 2 is 1.67 bits per heavy atom. The standard InChI is InChI=1S/C28H30ClN5O2/c1-5-33(27(36)30-22-15-10-12-19-11-6-7-13-20(19)22)18-26(35)31-25-17-24(28(2,3)4)32-34(25)23-16-9-8-14-21(23)29/h6-17H,5,18H2,1-4H3,(H,30,36)(H,31,35). The second kappa shape index (κ2) is 10.4. The third-order valence-corrected chi connectivity index (χ3v) is 6.18. The van der Waals surface area contributed by atoms with Gasteiger partial charge in [0.25, 0.3) is 0 Å². The summed E-state index contributed by atoms with van der Waals surface area (Å²) in [5.41, 5.74) is 1.92. The predicted molar refractivity (Wildman–Crippen MR) is 146 cm³/mol. The van der Waals surface area contributed by atoms with Gasteiger partial charge in [-0.2, -0.15) is 5.10 Å². The van der Waals surface area contributed by atoms with Crippen LogP contribution in [0.1, 0.15) is 33.4 Å². The molecule has 0 spiro atoms. The fraction of sp³-hybridized carbons (Fsp3) is 0.250. The highest BCUT2D eigenvalue weighted by atomic mass is 35.5. The maximum absolute atomic E-state index is 13.1. The quantitative estimate of drug-likeness (QED) is 0.316. The fourth-order valence-electron chi connectivity index (χ4n) is 3.86. The van der Waals surface area contributed by atoms with Gasteiger partial charge in [0.15, 0.2) is 0 Å². The van der Waals surface area contributed by atoms with E-state index < -0.39 is 0 Å². The van der Waals surface area contributed by atoms with Crippen LogP contribution in [0.4, 0.5) is 16.3 Å². The number of likely N-dealkylation sites (N-methyl/N-ethyl adjacent to an activating group) is 1. The Balaban J connectivity index is 1.53. The van der Waals surface area contributed by atoms with E-state index in [1.54, 1.807) is 10.7 Å². The summed E-state index contributed by atoms with van der Waals surface area (Å²) in [6.07, 6.45) is 0. The number of nitrogens with one attached hydrogen (secondary N) is 2. The molecule has 0 fully saturated rings. The van der Waals surface area contributed by atoms with Gasteiger partial charge in [-0.15, -0.1) is 0 Å². The number of halogens is 1. The molecule has 3 amide bonds. The lowest BCUT2D eigenvalue weighted by atomic mass is 9.92. The van der Waals surface area contributed by atoms with Crippen molar-refractivity contribution in [3.63, 3.8) is 0 Å². The van der Waals surface area contributed by atoms with Crippen molar-refractivity contribution in [2.24, 2.45) is 0 Å². The summed E-state index contributed by atoms with van der Waals surface area (Å²) in [5, 5.41) is 13.1. The monoisotopic (exact) mass is 503 g/mol. The van der Waals surface area contributed by atoms with Crippen molar-refractivity contribution in [3.8, 4) is 5.69 Å². The molecule has 36 heavy (non-hydrogen) atoms. The van der Waals surface area contributed by atoms with Gasteiger partial charge in [0.05, 0.1) is 22.1 Å². The highest BCUT2D eigenvalue weighted by Gasteiger charge is 2.23. The molecule has 2 N–H and O–H groups in total. The lowest BCUT2D eigenvalue weighted by Crippen LogP contribution is -2.40. The molecule has 0 aliphatic carbocycles. The van der Waals surface area contributed by atoms with Crippen molar-refractivity contribution in [1.82, 2.24) is 14.7 Å². The number of anilines is 2. The van der Waals surface area contributed by atoms with Gasteiger partial charge in [-0.1, -0.05) is 80.9 Å². The zero-order valence-corrected chi connectivity index (χ0v) is 21.6. The van der Waals surface area contributed by atoms with Crippen LogP contribution in [0.15, 0.2) is 72.8 Å². The molecule has 4 aromatic rings. The number of nitrogens with zero attached hydrogens (tertiary/aromatic N) is 3. The third-order valence-electron chi connectivity index (χ3n) is 5.86. The summed E-state index contributed by atoms with van der Waals surface area (Å²) >= 11 is 6.42. The molecule has 1 aromatic heterocycles. The average molecular weight is 504 g/mol. The van der Waals surface area contributed by atoms with Crippen LogP contribution in [-0.2, 0) is 10.2 Å². The van der Waals surface area contributed by atoms with E-state index in [1.165, 1.54) is 4.90 Å². The molecule has 0 atom stereocenters. The van der Waals surface area contributed by atoms with Gasteiger partial charge >= 0.3 is 6.03 Å². The Hall–Kier alpha value is -3.84. The van der Waals surface area contributed by atoms with Crippen LogP contribution < -0.4 is 10.6 Å². The molecule has 1 heterocycles. The predicted octanol–water partition coefficient (Wildman–Crippen LogP) is 6.47. The molecular weight excluding hydrogens is 474 g/mol. The Bertz CT molecular complexity index is 1400. The topological polar surface area (TPSA) is 79.3 Å². The van der Waals surface area contributed by atoms with Crippen LogP contribution in [0.2, 0.25) is 5.02 Å². The van der Waals surface area contributed by atoms with Gasteiger partial charge in [0, 0.05) is 23.4 Å². The number of hydrogen-bond acceptors (Lipinski definition) is 3. The highest BCUT2D eigenvalue weighted by molar-refractivity contribution is 6.32. The van der Waals surface area contributed by atoms with Gasteiger partial charge in [0.2, 0.25) is 5.91 Å². The van der Waals surface area contributed by atoms with Crippen LogP contribution in [0.3, 0.4) is 0 Å². The molecular formula is C28H30ClN5O2. The molecule has 0 saturated carbocycles. The molecule has 8 heteroatoms. The lowest BCUT2D eigenvalue weighted by molar-refractivity contribution is -0.116. The number of benzene rings is 3. The van der Waals surface area contributed by atoms with Crippen molar-refractivity contribution < 1.29 is 9.59 Å². The molecule has 186 valence electrons. The normalized spacial score (nSPS) is 11.4. The smallest absolute Gasteiger partial charge is 0.315 e. The molecule has 4 rings (SSSR count). The zero-order chi connectivity index (χ0) is 25.9. The van der Waals surface area contributed by atoms with Crippen LogP contribution >= 0.6 is 11.6 Å². The highest BCUT2D eigenvalue weighted by Crippen LogP contribution is 2.29. The van der Waals surface area contributed by atoms with Gasteiger partial charge < -0.3 is 15.5 Å². The number of amides is 3. The number of aromatic nitrogens is 2. The summed E-state index contributed by atoms with van der Waals surface area (Å²) in [5.74, 6) is 0.155. The van der Waals surface area contributed by atoms with Crippen LogP contribution in [0, 0.1) is 0 Å². The van der Waals surface area contributed by atoms with E-state index in [4.69, 9.17) is 16.7 Å². The van der Waals surface area contributed by atoms with Crippen molar-refractivity contribution in [2.75, 3.05) is 23.7 Å². The number of urea groups is 1. The molecule has 7 nitrogen and oxygen atoms in total. The fourth-order valence-corrected chi connectivity index (χ4v) is 4.07. The Kier molecular flexibility index (Phi) is 7.31. The maximum Gasteiger partial charge on any atom is 0.322 e. The minimum Gasteiger partial charge on any atom is -0.315 e. The summed E-state index contributed by atoms with van der Waals surface area (Å²) in [6, 6.07) is 22.4. The number of carbonyl (C=O) groups is 2. The first-order chi connectivity index (χ1) is 17.2. The van der Waals surface area contributed by atoms with E-state index >= 15 is 0 Å². The number of carbonyl (C=O) groups excluding carboxylic acids is 2. The van der Waals surface area contributed by atoms with Gasteiger partial charge in [-0.3, -0.25) is 4.79 Å². The zero-order valence-electron chi connectivity index (χ0n) is 20.9. The first-order valence-corrected chi connectivity index (χ1v) is 12.2. The summed E-state index contributed by atoms with van der Waals surface area (Å²) in [6.45, 7) is 8.23. The number of para-hydroxylation sites is 1. The molecule has 0 unspecified atom stereocenters. The first kappa shape index (κ1) is 25.3. The summed E-state index contributed by atoms with van der Waals surface area (Å²) in [7, 11) is 0. The first-order valence-electron chi connectivity index (χ1n) is 11.9. The van der Waals surface area contributed by atoms with Crippen molar-refractivity contribution in [2.45, 2.75) is 33.1 Å². The van der Waals surface area contributed by atoms with E-state index in [9.17, 15) is 9.59 Å². The van der Waals surface area contributed by atoms with Crippen molar-refractivity contribution in [3.05, 3.63) is 83.5 Å².